The predicted molar refractivity (Wildman–Crippen MR) is 78.5 cm³/mol. The number of hydrogen-bond donors (Lipinski definition) is 3. The van der Waals surface area contributed by atoms with Crippen LogP contribution in [0.3, 0.4) is 0 Å². The molecule has 4 bridgehead atoms. The lowest BCUT2D eigenvalue weighted by Gasteiger charge is -2.56. The van der Waals surface area contributed by atoms with Crippen LogP contribution in [0.1, 0.15) is 51.4 Å². The fourth-order valence-corrected chi connectivity index (χ4v) is 5.70. The Morgan fingerprint density at radius 3 is 2.25 bits per heavy atom. The van der Waals surface area contributed by atoms with E-state index in [0.29, 0.717) is 6.04 Å². The molecule has 2 amide bonds. The summed E-state index contributed by atoms with van der Waals surface area (Å²) < 4.78 is 0. The van der Waals surface area contributed by atoms with Crippen molar-refractivity contribution in [3.63, 3.8) is 0 Å². The topological polar surface area (TPSA) is 53.2 Å². The van der Waals surface area contributed by atoms with Gasteiger partial charge in [0, 0.05) is 18.1 Å². The Bertz CT molecular complexity index is 354. The van der Waals surface area contributed by atoms with Gasteiger partial charge >= 0.3 is 6.03 Å². The van der Waals surface area contributed by atoms with E-state index in [2.05, 4.69) is 16.0 Å². The van der Waals surface area contributed by atoms with Gasteiger partial charge in [-0.15, -0.1) is 0 Å². The van der Waals surface area contributed by atoms with E-state index < -0.39 is 0 Å². The molecule has 1 unspecified atom stereocenters. The molecule has 4 aliphatic carbocycles. The number of carbonyl (C=O) groups is 1. The molecule has 0 aromatic carbocycles. The van der Waals surface area contributed by atoms with Gasteiger partial charge in [0.25, 0.3) is 0 Å². The zero-order chi connectivity index (χ0) is 13.6. The summed E-state index contributed by atoms with van der Waals surface area (Å²) >= 11 is 0. The fraction of sp³-hybridized carbons (Fsp3) is 0.938. The Morgan fingerprint density at radius 2 is 1.70 bits per heavy atom. The Kier molecular flexibility index (Phi) is 3.17. The first kappa shape index (κ1) is 12.9. The highest BCUT2D eigenvalue weighted by atomic mass is 16.2. The Balaban J connectivity index is 1.37. The zero-order valence-electron chi connectivity index (χ0n) is 12.3. The van der Waals surface area contributed by atoms with E-state index in [1.807, 2.05) is 0 Å². The molecule has 5 fully saturated rings. The van der Waals surface area contributed by atoms with E-state index in [0.717, 1.165) is 37.3 Å². The van der Waals surface area contributed by atoms with Gasteiger partial charge in [-0.05, 0) is 75.7 Å². The first-order chi connectivity index (χ1) is 9.71. The van der Waals surface area contributed by atoms with Crippen molar-refractivity contribution in [3.05, 3.63) is 0 Å². The zero-order valence-corrected chi connectivity index (χ0v) is 12.3. The molecule has 0 spiro atoms. The first-order valence-electron chi connectivity index (χ1n) is 8.50. The van der Waals surface area contributed by atoms with Crippen molar-refractivity contribution in [3.8, 4) is 0 Å². The van der Waals surface area contributed by atoms with E-state index >= 15 is 0 Å². The van der Waals surface area contributed by atoms with Crippen LogP contribution in [0.4, 0.5) is 4.79 Å². The third-order valence-electron chi connectivity index (χ3n) is 6.05. The molecule has 4 nitrogen and oxygen atoms in total. The van der Waals surface area contributed by atoms with E-state index in [-0.39, 0.29) is 11.6 Å². The summed E-state index contributed by atoms with van der Waals surface area (Å²) in [5, 5.41) is 9.93. The minimum Gasteiger partial charge on any atom is -0.334 e. The van der Waals surface area contributed by atoms with E-state index in [4.69, 9.17) is 0 Å². The maximum absolute atomic E-state index is 12.3. The molecule has 0 aromatic heterocycles. The van der Waals surface area contributed by atoms with Crippen molar-refractivity contribution in [2.45, 2.75) is 62.9 Å². The Morgan fingerprint density at radius 1 is 1.05 bits per heavy atom. The summed E-state index contributed by atoms with van der Waals surface area (Å²) in [5.41, 5.74) is 0.140. The van der Waals surface area contributed by atoms with Crippen LogP contribution in [-0.2, 0) is 0 Å². The fourth-order valence-electron chi connectivity index (χ4n) is 5.70. The van der Waals surface area contributed by atoms with Crippen LogP contribution >= 0.6 is 0 Å². The second kappa shape index (κ2) is 4.90. The minimum atomic E-state index is 0.0839. The van der Waals surface area contributed by atoms with Crippen molar-refractivity contribution in [1.29, 1.82) is 0 Å². The van der Waals surface area contributed by atoms with E-state index in [1.165, 1.54) is 44.9 Å². The summed E-state index contributed by atoms with van der Waals surface area (Å²) in [6.45, 7) is 2.02. The number of hydrogen-bond acceptors (Lipinski definition) is 2. The maximum atomic E-state index is 12.3. The third kappa shape index (κ3) is 2.43. The molecule has 1 saturated heterocycles. The molecule has 0 radical (unpaired) electrons. The molecular weight excluding hydrogens is 250 g/mol. The average Bonchev–Trinajstić information content (AvgIpc) is 2.37. The van der Waals surface area contributed by atoms with Gasteiger partial charge in [0.1, 0.15) is 0 Å². The molecule has 4 saturated carbocycles. The van der Waals surface area contributed by atoms with Crippen LogP contribution in [0.2, 0.25) is 0 Å². The highest BCUT2D eigenvalue weighted by molar-refractivity contribution is 5.75. The Labute approximate surface area is 121 Å². The van der Waals surface area contributed by atoms with Crippen molar-refractivity contribution in [1.82, 2.24) is 16.0 Å². The van der Waals surface area contributed by atoms with Crippen molar-refractivity contribution >= 4 is 6.03 Å². The third-order valence-corrected chi connectivity index (χ3v) is 6.05. The second-order valence-corrected chi connectivity index (χ2v) is 7.84. The lowest BCUT2D eigenvalue weighted by atomic mass is 9.53. The van der Waals surface area contributed by atoms with Crippen LogP contribution in [-0.4, -0.2) is 30.7 Å². The van der Waals surface area contributed by atoms with Gasteiger partial charge in [0.2, 0.25) is 0 Å². The standard InChI is InChI=1S/C16H27N3O/c20-15(18-14-2-1-3-17-10-14)19-16-7-11-4-12(8-16)6-13(5-11)9-16/h11-14,17H,1-10H2,(H2,18,19,20). The summed E-state index contributed by atoms with van der Waals surface area (Å²) in [5.74, 6) is 2.66. The molecule has 1 aliphatic heterocycles. The summed E-state index contributed by atoms with van der Waals surface area (Å²) in [7, 11) is 0. The molecule has 0 aromatic rings. The molecule has 20 heavy (non-hydrogen) atoms. The molecule has 5 aliphatic rings. The van der Waals surface area contributed by atoms with Crippen molar-refractivity contribution < 1.29 is 4.79 Å². The lowest BCUT2D eigenvalue weighted by Crippen LogP contribution is -2.62. The monoisotopic (exact) mass is 277 g/mol. The maximum Gasteiger partial charge on any atom is 0.315 e. The average molecular weight is 277 g/mol. The van der Waals surface area contributed by atoms with Crippen LogP contribution in [0, 0.1) is 17.8 Å². The quantitative estimate of drug-likeness (QED) is 0.723. The first-order valence-corrected chi connectivity index (χ1v) is 8.50. The van der Waals surface area contributed by atoms with Crippen LogP contribution in [0.5, 0.6) is 0 Å². The number of rotatable bonds is 2. The summed E-state index contributed by atoms with van der Waals surface area (Å²) in [4.78, 5) is 12.3. The predicted octanol–water partition coefficient (Wildman–Crippen LogP) is 2.01. The van der Waals surface area contributed by atoms with E-state index in [9.17, 15) is 4.79 Å². The smallest absolute Gasteiger partial charge is 0.315 e. The summed E-state index contributed by atoms with van der Waals surface area (Å²) in [6.07, 6.45) is 10.3. The highest BCUT2D eigenvalue weighted by Gasteiger charge is 2.51. The van der Waals surface area contributed by atoms with Gasteiger partial charge in [-0.1, -0.05) is 0 Å². The molecule has 1 heterocycles. The normalized spacial score (nSPS) is 46.2. The number of amides is 2. The lowest BCUT2D eigenvalue weighted by molar-refractivity contribution is -0.0137. The molecule has 4 heteroatoms. The van der Waals surface area contributed by atoms with Crippen molar-refractivity contribution in [2.75, 3.05) is 13.1 Å². The largest absolute Gasteiger partial charge is 0.334 e. The van der Waals surface area contributed by atoms with E-state index in [1.54, 1.807) is 0 Å². The molecular formula is C16H27N3O. The van der Waals surface area contributed by atoms with Gasteiger partial charge < -0.3 is 16.0 Å². The molecule has 5 rings (SSSR count). The van der Waals surface area contributed by atoms with Crippen LogP contribution in [0.15, 0.2) is 0 Å². The van der Waals surface area contributed by atoms with Gasteiger partial charge in [-0.25, -0.2) is 4.79 Å². The van der Waals surface area contributed by atoms with Gasteiger partial charge in [-0.3, -0.25) is 0 Å². The number of carbonyl (C=O) groups excluding carboxylic acids is 1. The molecule has 3 N–H and O–H groups in total. The number of nitrogens with one attached hydrogen (secondary N) is 3. The Hall–Kier alpha value is -0.770. The molecule has 1 atom stereocenters. The van der Waals surface area contributed by atoms with Gasteiger partial charge in [-0.2, -0.15) is 0 Å². The second-order valence-electron chi connectivity index (χ2n) is 7.84. The summed E-state index contributed by atoms with van der Waals surface area (Å²) in [6, 6.07) is 0.401. The van der Waals surface area contributed by atoms with Crippen LogP contribution in [0.25, 0.3) is 0 Å². The number of piperidine rings is 1. The van der Waals surface area contributed by atoms with Crippen LogP contribution < -0.4 is 16.0 Å². The van der Waals surface area contributed by atoms with Gasteiger partial charge in [0.05, 0.1) is 0 Å². The SMILES string of the molecule is O=C(NC1CCCNC1)NC12CC3CC(CC(C3)C1)C2. The number of urea groups is 1. The highest BCUT2D eigenvalue weighted by Crippen LogP contribution is 2.55. The minimum absolute atomic E-state index is 0.0839. The van der Waals surface area contributed by atoms with Crippen molar-refractivity contribution in [2.24, 2.45) is 17.8 Å². The molecule has 112 valence electrons. The van der Waals surface area contributed by atoms with Gasteiger partial charge in [0.15, 0.2) is 0 Å².